The molecule has 0 saturated carbocycles. The van der Waals surface area contributed by atoms with E-state index in [0.717, 1.165) is 131 Å². The molecule has 0 saturated heterocycles. The average molecular weight is 1430 g/mol. The van der Waals surface area contributed by atoms with Crippen molar-refractivity contribution in [3.05, 3.63) is 146 Å². The van der Waals surface area contributed by atoms with Gasteiger partial charge in [-0.15, -0.1) is 0 Å². The fraction of sp³-hybridized carbons (Fsp3) is 0.250. The minimum absolute atomic E-state index is 0. The van der Waals surface area contributed by atoms with E-state index in [0.29, 0.717) is 52.3 Å². The molecule has 0 spiro atoms. The second kappa shape index (κ2) is 30.0. The fourth-order valence-electron chi connectivity index (χ4n) is 10.7. The number of benzene rings is 8. The molecule has 2 aliphatic rings. The normalized spacial score (nSPS) is 12.9. The first-order valence-electron chi connectivity index (χ1n) is 28.2. The molecular formula is C64H62N8Na2O8PtS2Si2. The molecule has 23 heteroatoms. The van der Waals surface area contributed by atoms with E-state index in [1.54, 1.807) is 6.26 Å². The molecule has 11 aromatic rings. The van der Waals surface area contributed by atoms with Gasteiger partial charge < -0.3 is 49.3 Å². The zero-order chi connectivity index (χ0) is 58.6. The molecule has 0 amide bonds. The second-order valence-electron chi connectivity index (χ2n) is 22.1. The molecule has 2 aliphatic heterocycles. The van der Waals surface area contributed by atoms with Gasteiger partial charge in [-0.1, -0.05) is 159 Å². The van der Waals surface area contributed by atoms with Gasteiger partial charge in [0, 0.05) is 50.6 Å². The van der Waals surface area contributed by atoms with Crippen molar-refractivity contribution < 1.29 is 117 Å². The Hall–Kier alpha value is -4.66. The summed E-state index contributed by atoms with van der Waals surface area (Å²) in [7, 11) is -7.97. The molecule has 0 fully saturated rings. The first kappa shape index (κ1) is 68.3. The van der Waals surface area contributed by atoms with Crippen molar-refractivity contribution in [3.8, 4) is 45.6 Å². The van der Waals surface area contributed by atoms with Gasteiger partial charge in [-0.3, -0.25) is 5.04 Å². The Kier molecular flexibility index (Phi) is 23.5. The zero-order valence-corrected chi connectivity index (χ0v) is 59.3. The first-order chi connectivity index (χ1) is 40.6. The molecule has 8 bridgehead atoms. The van der Waals surface area contributed by atoms with Crippen LogP contribution in [-0.2, 0) is 40.6 Å². The molecule has 0 aliphatic carbocycles. The number of fused-ring (bicyclic) bond motifs is 24. The van der Waals surface area contributed by atoms with E-state index in [2.05, 4.69) is 113 Å². The minimum atomic E-state index is -4.03. The summed E-state index contributed by atoms with van der Waals surface area (Å²) >= 11 is 0. The Morgan fingerprint density at radius 2 is 0.793 bits per heavy atom. The largest absolute Gasteiger partial charge is 2.00 e. The van der Waals surface area contributed by atoms with Gasteiger partial charge in [-0.05, 0) is 157 Å². The monoisotopic (exact) mass is 1430 g/mol. The topological polar surface area (TPSA) is 245 Å². The van der Waals surface area contributed by atoms with Crippen LogP contribution in [0.25, 0.3) is 133 Å². The Labute approximate surface area is 568 Å². The van der Waals surface area contributed by atoms with E-state index in [1.807, 2.05) is 61.6 Å². The van der Waals surface area contributed by atoms with Crippen molar-refractivity contribution in [1.29, 1.82) is 0 Å². The van der Waals surface area contributed by atoms with Crippen LogP contribution >= 0.6 is 9.76 Å². The van der Waals surface area contributed by atoms with E-state index in [-0.39, 0.29) is 94.8 Å². The van der Waals surface area contributed by atoms with Crippen LogP contribution in [0.15, 0.2) is 146 Å². The maximum Gasteiger partial charge on any atom is 2.00 e. The summed E-state index contributed by atoms with van der Waals surface area (Å²) in [6.45, 7) is 5.93. The summed E-state index contributed by atoms with van der Waals surface area (Å²) in [6, 6.07) is 51.2. The van der Waals surface area contributed by atoms with Gasteiger partial charge in [0.05, 0.1) is 33.4 Å². The SMILES string of the molecule is CCCCCCCS(C)(OO[O-])[Si]O.C[Si](C)(O)CCCCCCS(=O)(=O)[O-].[Na+].[Na+].[Pt+2].c1ccc2cc3c(cc2c1)-c1nc-3nc2[n-]c(nc3nc(nc4[n-]c(n1)c1cc5ccccc5cc41)-c1cc4ccccc4cc1-3)c1cc3ccccc3cc21. The Morgan fingerprint density at radius 3 is 1.08 bits per heavy atom. The summed E-state index contributed by atoms with van der Waals surface area (Å²) in [5.74, 6) is 2.63. The number of hydrogen-bond donors (Lipinski definition) is 2. The molecule has 3 aromatic heterocycles. The van der Waals surface area contributed by atoms with Gasteiger partial charge in [0.2, 0.25) is 0 Å². The maximum atomic E-state index is 10.2. The van der Waals surface area contributed by atoms with Crippen LogP contribution in [-0.4, -0.2) is 87.5 Å². The van der Waals surface area contributed by atoms with Crippen molar-refractivity contribution >= 4 is 124 Å². The van der Waals surface area contributed by atoms with Gasteiger partial charge in [0.25, 0.3) is 0 Å². The van der Waals surface area contributed by atoms with E-state index in [9.17, 15) is 23.0 Å². The Balaban J connectivity index is 0.000000266. The molecule has 2 radical (unpaired) electrons. The number of hydrogen-bond acceptors (Lipinski definition) is 14. The van der Waals surface area contributed by atoms with Crippen molar-refractivity contribution in [2.75, 3.05) is 17.8 Å². The summed E-state index contributed by atoms with van der Waals surface area (Å²) in [5.41, 5.74) is 5.67. The summed E-state index contributed by atoms with van der Waals surface area (Å²) in [5, 5.41) is 25.5. The number of aromatic nitrogens is 8. The van der Waals surface area contributed by atoms with Crippen LogP contribution in [0.1, 0.15) is 64.7 Å². The molecule has 1 unspecified atom stereocenters. The molecular weight excluding hydrogens is 1370 g/mol. The third-order valence-corrected chi connectivity index (χ3v) is 21.3. The molecule has 5 heterocycles. The van der Waals surface area contributed by atoms with Crippen LogP contribution < -0.4 is 74.3 Å². The van der Waals surface area contributed by atoms with Crippen LogP contribution in [0, 0.1) is 0 Å². The molecule has 87 heavy (non-hydrogen) atoms. The van der Waals surface area contributed by atoms with E-state index in [1.165, 1.54) is 19.3 Å². The van der Waals surface area contributed by atoms with Gasteiger partial charge in [0.15, 0.2) is 8.32 Å². The Bertz CT molecular complexity index is 4100. The smallest absolute Gasteiger partial charge is 0.748 e. The number of nitrogens with zero attached hydrogens (tertiary/aromatic N) is 8. The summed E-state index contributed by atoms with van der Waals surface area (Å²) < 4.78 is 35.3. The van der Waals surface area contributed by atoms with E-state index < -0.39 is 28.2 Å². The van der Waals surface area contributed by atoms with Gasteiger partial charge in [-0.25, -0.2) is 18.4 Å². The Morgan fingerprint density at radius 1 is 0.494 bits per heavy atom. The van der Waals surface area contributed by atoms with Gasteiger partial charge >= 0.3 is 89.1 Å². The van der Waals surface area contributed by atoms with Crippen molar-refractivity contribution in [1.82, 2.24) is 39.9 Å². The maximum absolute atomic E-state index is 10.2. The van der Waals surface area contributed by atoms with Crippen LogP contribution in [0.4, 0.5) is 0 Å². The van der Waals surface area contributed by atoms with Crippen molar-refractivity contribution in [3.63, 3.8) is 0 Å². The van der Waals surface area contributed by atoms with Crippen molar-refractivity contribution in [2.45, 2.75) is 83.8 Å². The number of unbranched alkanes of at least 4 members (excludes halogenated alkanes) is 7. The molecule has 1 atom stereocenters. The molecule has 13 rings (SSSR count). The molecule has 8 aromatic carbocycles. The molecule has 16 nitrogen and oxygen atoms in total. The van der Waals surface area contributed by atoms with Crippen LogP contribution in [0.3, 0.4) is 0 Å². The zero-order valence-electron chi connectivity index (χ0n) is 49.4. The van der Waals surface area contributed by atoms with Crippen LogP contribution in [0.5, 0.6) is 0 Å². The third-order valence-electron chi connectivity index (χ3n) is 15.1. The third kappa shape index (κ3) is 16.3. The van der Waals surface area contributed by atoms with Crippen molar-refractivity contribution in [2.24, 2.45) is 0 Å². The van der Waals surface area contributed by atoms with E-state index in [4.69, 9.17) is 44.7 Å². The second-order valence-corrected chi connectivity index (χ2v) is 33.6. The van der Waals surface area contributed by atoms with Gasteiger partial charge in [0.1, 0.15) is 0 Å². The fourth-order valence-corrected chi connectivity index (χ4v) is 14.4. The summed E-state index contributed by atoms with van der Waals surface area (Å²) in [6.07, 6.45) is 10.6. The van der Waals surface area contributed by atoms with Gasteiger partial charge in [-0.2, -0.15) is 4.33 Å². The van der Waals surface area contributed by atoms with E-state index >= 15 is 0 Å². The first-order valence-corrected chi connectivity index (χ1v) is 36.7. The predicted octanol–water partition coefficient (Wildman–Crippen LogP) is 7.09. The molecule has 2 N–H and O–H groups in total. The summed E-state index contributed by atoms with van der Waals surface area (Å²) in [4.78, 5) is 60.1. The van der Waals surface area contributed by atoms with Crippen LogP contribution in [0.2, 0.25) is 19.1 Å². The predicted molar refractivity (Wildman–Crippen MR) is 339 cm³/mol. The number of rotatable bonds is 16. The average Bonchev–Trinajstić information content (AvgIpc) is 1.73. The molecule has 438 valence electrons. The minimum Gasteiger partial charge on any atom is -0.748 e. The quantitative estimate of drug-likeness (QED) is 0.0322. The standard InChI is InChI=1S/C48H24N8.2C8H20O4SSi.2Na.Pt/c1-2-10-26-18-34-33(17-25(26)9-1)41-49-42(34)54-44-37-21-29-13-5-6-14-30(29)22-38(37)46(51-44)56-48-40-24-32-16-8-7-15-31(32)23-39(40)47(52-48)55-45-36-20-28-12-4-3-11-27(28)19-35(36)43(50-45)53-41;1-14(2,12)8-6-4-3-5-7-13(9,10)11;1-3-4-5-6-7-8-13(2,14-10)12-11-9;;;/h1-24H;12H,3-8H2,1-2H3,(H,9,10,11);9-10H,3-8H2,1-2H3;;;/q-2;;;2*+1;+2/p-2.